The third kappa shape index (κ3) is 6.14. The van der Waals surface area contributed by atoms with Crippen molar-refractivity contribution in [2.24, 2.45) is 0 Å². The predicted molar refractivity (Wildman–Crippen MR) is 123 cm³/mol. The molecular weight excluding hydrogens is 444 g/mol. The molecule has 0 spiro atoms. The first-order chi connectivity index (χ1) is 15.8. The standard InChI is InChI=1S/C25H22O7S/c1-15(26)31-21-10-7-19(13-17(21)8-11-24(28)30-3)25(29)20-9-6-18(23-5-4-12-33-23)14-22(20)32-16(2)27/h4-7,9-10,12-14H,8,11H2,1-3H3. The summed E-state index contributed by atoms with van der Waals surface area (Å²) in [4.78, 5) is 49.0. The van der Waals surface area contributed by atoms with E-state index in [4.69, 9.17) is 9.47 Å². The average molecular weight is 467 g/mol. The molecule has 3 aromatic rings. The van der Waals surface area contributed by atoms with Gasteiger partial charge in [0, 0.05) is 30.7 Å². The lowest BCUT2D eigenvalue weighted by atomic mass is 9.97. The maximum atomic E-state index is 13.3. The van der Waals surface area contributed by atoms with Crippen LogP contribution < -0.4 is 9.47 Å². The number of benzene rings is 2. The molecule has 0 saturated carbocycles. The number of aryl methyl sites for hydroxylation is 1. The molecule has 0 amide bonds. The predicted octanol–water partition coefficient (Wildman–Crippen LogP) is 4.60. The summed E-state index contributed by atoms with van der Waals surface area (Å²) in [5.41, 5.74) is 1.83. The number of hydrogen-bond donors (Lipinski definition) is 0. The normalized spacial score (nSPS) is 10.4. The molecule has 3 rings (SSSR count). The summed E-state index contributed by atoms with van der Waals surface area (Å²) >= 11 is 1.53. The average Bonchev–Trinajstić information content (AvgIpc) is 3.32. The van der Waals surface area contributed by atoms with Crippen LogP contribution in [0, 0.1) is 0 Å². The van der Waals surface area contributed by atoms with E-state index >= 15 is 0 Å². The van der Waals surface area contributed by atoms with E-state index in [0.29, 0.717) is 11.1 Å². The first-order valence-corrected chi connectivity index (χ1v) is 11.0. The fourth-order valence-electron chi connectivity index (χ4n) is 3.21. The zero-order valence-electron chi connectivity index (χ0n) is 18.4. The number of methoxy groups -OCH3 is 1. The lowest BCUT2D eigenvalue weighted by Gasteiger charge is -2.13. The summed E-state index contributed by atoms with van der Waals surface area (Å²) in [5, 5.41) is 1.93. The molecule has 0 N–H and O–H groups in total. The van der Waals surface area contributed by atoms with Gasteiger partial charge >= 0.3 is 17.9 Å². The van der Waals surface area contributed by atoms with Crippen molar-refractivity contribution in [3.8, 4) is 21.9 Å². The van der Waals surface area contributed by atoms with Crippen LogP contribution in [-0.4, -0.2) is 30.8 Å². The number of carbonyl (C=O) groups is 4. The number of thiophene rings is 1. The monoisotopic (exact) mass is 466 g/mol. The van der Waals surface area contributed by atoms with E-state index in [1.807, 2.05) is 17.5 Å². The highest BCUT2D eigenvalue weighted by molar-refractivity contribution is 7.13. The van der Waals surface area contributed by atoms with Gasteiger partial charge in [0.1, 0.15) is 11.5 Å². The molecule has 0 bridgehead atoms. The Bertz CT molecular complexity index is 1200. The summed E-state index contributed by atoms with van der Waals surface area (Å²) in [6.45, 7) is 2.54. The largest absolute Gasteiger partial charge is 0.469 e. The topological polar surface area (TPSA) is 96.0 Å². The van der Waals surface area contributed by atoms with Crippen molar-refractivity contribution >= 4 is 35.0 Å². The van der Waals surface area contributed by atoms with Gasteiger partial charge in [0.15, 0.2) is 5.78 Å². The molecule has 170 valence electrons. The van der Waals surface area contributed by atoms with Gasteiger partial charge in [0.2, 0.25) is 0 Å². The van der Waals surface area contributed by atoms with E-state index < -0.39 is 17.9 Å². The van der Waals surface area contributed by atoms with Gasteiger partial charge in [-0.3, -0.25) is 19.2 Å². The van der Waals surface area contributed by atoms with Crippen molar-refractivity contribution in [2.45, 2.75) is 26.7 Å². The fourth-order valence-corrected chi connectivity index (χ4v) is 3.93. The van der Waals surface area contributed by atoms with Crippen LogP contribution >= 0.6 is 11.3 Å². The summed E-state index contributed by atoms with van der Waals surface area (Å²) in [7, 11) is 1.28. The molecule has 0 atom stereocenters. The van der Waals surface area contributed by atoms with Crippen LogP contribution in [0.15, 0.2) is 53.9 Å². The van der Waals surface area contributed by atoms with E-state index in [9.17, 15) is 19.2 Å². The molecule has 1 heterocycles. The van der Waals surface area contributed by atoms with Gasteiger partial charge in [-0.25, -0.2) is 0 Å². The van der Waals surface area contributed by atoms with Crippen molar-refractivity contribution in [1.29, 1.82) is 0 Å². The Hall–Kier alpha value is -3.78. The molecule has 0 fully saturated rings. The lowest BCUT2D eigenvalue weighted by Crippen LogP contribution is -2.11. The quantitative estimate of drug-likeness (QED) is 0.272. The summed E-state index contributed by atoms with van der Waals surface area (Å²) in [5.74, 6) is -1.46. The smallest absolute Gasteiger partial charge is 0.308 e. The maximum Gasteiger partial charge on any atom is 0.308 e. The van der Waals surface area contributed by atoms with E-state index in [1.54, 1.807) is 24.3 Å². The molecule has 8 heteroatoms. The maximum absolute atomic E-state index is 13.3. The summed E-state index contributed by atoms with van der Waals surface area (Å²) in [6, 6.07) is 13.5. The molecule has 0 radical (unpaired) electrons. The third-order valence-electron chi connectivity index (χ3n) is 4.69. The zero-order chi connectivity index (χ0) is 24.0. The van der Waals surface area contributed by atoms with E-state index in [2.05, 4.69) is 4.74 Å². The van der Waals surface area contributed by atoms with Crippen molar-refractivity contribution in [2.75, 3.05) is 7.11 Å². The minimum atomic E-state index is -0.545. The van der Waals surface area contributed by atoms with E-state index in [1.165, 1.54) is 44.4 Å². The highest BCUT2D eigenvalue weighted by Gasteiger charge is 2.20. The number of ketones is 1. The van der Waals surface area contributed by atoms with Gasteiger partial charge in [-0.05, 0) is 59.3 Å². The lowest BCUT2D eigenvalue weighted by molar-refractivity contribution is -0.140. The van der Waals surface area contributed by atoms with Crippen molar-refractivity contribution < 1.29 is 33.4 Å². The van der Waals surface area contributed by atoms with Crippen LogP contribution in [0.5, 0.6) is 11.5 Å². The van der Waals surface area contributed by atoms with E-state index in [-0.39, 0.29) is 35.7 Å². The number of rotatable bonds is 8. The number of carbonyl (C=O) groups excluding carboxylic acids is 4. The minimum Gasteiger partial charge on any atom is -0.469 e. The van der Waals surface area contributed by atoms with Gasteiger partial charge in [-0.1, -0.05) is 12.1 Å². The third-order valence-corrected chi connectivity index (χ3v) is 5.61. The van der Waals surface area contributed by atoms with Crippen LogP contribution in [0.25, 0.3) is 10.4 Å². The summed E-state index contributed by atoms with van der Waals surface area (Å²) in [6.07, 6.45) is 0.265. The molecule has 0 saturated heterocycles. The summed E-state index contributed by atoms with van der Waals surface area (Å²) < 4.78 is 15.2. The van der Waals surface area contributed by atoms with Crippen LogP contribution in [0.1, 0.15) is 41.8 Å². The van der Waals surface area contributed by atoms with Gasteiger partial charge in [-0.15, -0.1) is 11.3 Å². The molecule has 7 nitrogen and oxygen atoms in total. The van der Waals surface area contributed by atoms with E-state index in [0.717, 1.165) is 10.4 Å². The fraction of sp³-hybridized carbons (Fsp3) is 0.200. The second-order valence-electron chi connectivity index (χ2n) is 7.10. The van der Waals surface area contributed by atoms with Gasteiger partial charge in [0.25, 0.3) is 0 Å². The Morgan fingerprint density at radius 3 is 2.24 bits per heavy atom. The SMILES string of the molecule is COC(=O)CCc1cc(C(=O)c2ccc(-c3cccs3)cc2OC(C)=O)ccc1OC(C)=O. The molecule has 33 heavy (non-hydrogen) atoms. The Morgan fingerprint density at radius 2 is 1.61 bits per heavy atom. The molecule has 0 aliphatic heterocycles. The van der Waals surface area contributed by atoms with Crippen LogP contribution in [0.2, 0.25) is 0 Å². The van der Waals surface area contributed by atoms with Crippen molar-refractivity contribution in [3.05, 3.63) is 70.6 Å². The van der Waals surface area contributed by atoms with Crippen LogP contribution in [-0.2, 0) is 25.5 Å². The molecule has 0 unspecified atom stereocenters. The highest BCUT2D eigenvalue weighted by atomic mass is 32.1. The highest BCUT2D eigenvalue weighted by Crippen LogP contribution is 2.32. The Balaban J connectivity index is 1.99. The molecule has 2 aromatic carbocycles. The van der Waals surface area contributed by atoms with Crippen LogP contribution in [0.4, 0.5) is 0 Å². The van der Waals surface area contributed by atoms with Crippen molar-refractivity contribution in [1.82, 2.24) is 0 Å². The minimum absolute atomic E-state index is 0.0522. The van der Waals surface area contributed by atoms with Gasteiger partial charge in [-0.2, -0.15) is 0 Å². The number of ether oxygens (including phenoxy) is 3. The van der Waals surface area contributed by atoms with Crippen molar-refractivity contribution in [3.63, 3.8) is 0 Å². The molecular formula is C25H22O7S. The first kappa shape index (κ1) is 23.9. The second-order valence-corrected chi connectivity index (χ2v) is 8.05. The second kappa shape index (κ2) is 10.7. The number of esters is 3. The molecule has 1 aromatic heterocycles. The number of hydrogen-bond acceptors (Lipinski definition) is 8. The van der Waals surface area contributed by atoms with Crippen LogP contribution in [0.3, 0.4) is 0 Å². The van der Waals surface area contributed by atoms with Gasteiger partial charge in [0.05, 0.1) is 12.7 Å². The Morgan fingerprint density at radius 1 is 0.879 bits per heavy atom. The zero-order valence-corrected chi connectivity index (χ0v) is 19.2. The molecule has 0 aliphatic carbocycles. The Labute approximate surface area is 194 Å². The molecule has 0 aliphatic rings. The van der Waals surface area contributed by atoms with Gasteiger partial charge < -0.3 is 14.2 Å². The first-order valence-electron chi connectivity index (χ1n) is 10.1. The Kier molecular flexibility index (Phi) is 7.74.